The molecule has 2 amide bonds. The number of nitrogens with one attached hydrogen (secondary N) is 1. The van der Waals surface area contributed by atoms with Crippen LogP contribution in [-0.4, -0.2) is 35.5 Å². The van der Waals surface area contributed by atoms with Crippen LogP contribution in [0.2, 0.25) is 10.0 Å². The number of aryl methyl sites for hydroxylation is 2. The van der Waals surface area contributed by atoms with Crippen LogP contribution in [0, 0.1) is 0 Å². The average molecular weight is 824 g/mol. The lowest BCUT2D eigenvalue weighted by atomic mass is 10.0. The second kappa shape index (κ2) is 16.5. The van der Waals surface area contributed by atoms with Crippen LogP contribution < -0.4 is 5.32 Å². The van der Waals surface area contributed by atoms with Crippen molar-refractivity contribution in [2.24, 2.45) is 0 Å². The second-order valence-corrected chi connectivity index (χ2v) is 13.8. The van der Waals surface area contributed by atoms with E-state index in [1.165, 1.54) is 49.4 Å². The lowest BCUT2D eigenvalue weighted by molar-refractivity contribution is -0.143. The number of carbonyl (C=O) groups excluding carboxylic acids is 2. The van der Waals surface area contributed by atoms with Gasteiger partial charge in [0.1, 0.15) is 11.3 Å². The number of rotatable bonds is 3. The highest BCUT2D eigenvalue weighted by Crippen LogP contribution is 2.34. The summed E-state index contributed by atoms with van der Waals surface area (Å²) in [6.07, 6.45) is -3.92. The van der Waals surface area contributed by atoms with Crippen molar-refractivity contribution in [2.75, 3.05) is 0 Å². The molecule has 8 rings (SSSR count). The Morgan fingerprint density at radius 2 is 1.18 bits per heavy atom. The van der Waals surface area contributed by atoms with Crippen LogP contribution in [0.3, 0.4) is 0 Å². The Balaban J connectivity index is 0.000000155. The number of alkyl halides is 7. The summed E-state index contributed by atoms with van der Waals surface area (Å²) in [7, 11) is 0. The molecule has 2 aliphatic rings. The van der Waals surface area contributed by atoms with Gasteiger partial charge in [-0.1, -0.05) is 47.5 Å². The van der Waals surface area contributed by atoms with E-state index in [9.17, 15) is 35.9 Å². The van der Waals surface area contributed by atoms with E-state index in [0.717, 1.165) is 22.6 Å². The number of halogens is 9. The molecule has 6 aromatic rings. The number of hydrogen-bond donors (Lipinski definition) is 1. The van der Waals surface area contributed by atoms with Gasteiger partial charge in [-0.2, -0.15) is 26.3 Å². The van der Waals surface area contributed by atoms with Crippen molar-refractivity contribution in [3.05, 3.63) is 140 Å². The molecule has 0 aliphatic carbocycles. The predicted octanol–water partition coefficient (Wildman–Crippen LogP) is 9.48. The molecule has 55 heavy (non-hydrogen) atoms. The van der Waals surface area contributed by atoms with Crippen LogP contribution in [0.5, 0.6) is 0 Å². The first-order chi connectivity index (χ1) is 26.1. The summed E-state index contributed by atoms with van der Waals surface area (Å²) < 4.78 is 80.9. The number of amides is 2. The normalized spacial score (nSPS) is 14.5. The highest BCUT2D eigenvalue weighted by molar-refractivity contribution is 6.31. The van der Waals surface area contributed by atoms with Crippen LogP contribution in [0.15, 0.2) is 85.2 Å². The molecule has 6 heterocycles. The quantitative estimate of drug-likeness (QED) is 0.143. The summed E-state index contributed by atoms with van der Waals surface area (Å²) in [6, 6.07) is 20.7. The van der Waals surface area contributed by atoms with Crippen LogP contribution in [-0.2, 0) is 60.3 Å². The minimum atomic E-state index is -4.60. The molecule has 0 saturated carbocycles. The maximum absolute atomic E-state index is 13.5. The summed E-state index contributed by atoms with van der Waals surface area (Å²) in [6.45, 7) is 0.703. The van der Waals surface area contributed by atoms with Gasteiger partial charge < -0.3 is 19.0 Å². The fourth-order valence-corrected chi connectivity index (χ4v) is 7.00. The Morgan fingerprint density at radius 3 is 1.76 bits per heavy atom. The highest BCUT2D eigenvalue weighted by atomic mass is 35.5. The van der Waals surface area contributed by atoms with Gasteiger partial charge in [-0.15, -0.1) is 11.6 Å². The zero-order valence-electron chi connectivity index (χ0n) is 28.7. The summed E-state index contributed by atoms with van der Waals surface area (Å²) in [5.41, 5.74) is 2.73. The number of nitrogens with zero attached hydrogens (tertiary/aromatic N) is 5. The van der Waals surface area contributed by atoms with Gasteiger partial charge in [0.2, 0.25) is 11.8 Å². The molecule has 8 nitrogen and oxygen atoms in total. The number of carbonyl (C=O) groups is 2. The van der Waals surface area contributed by atoms with Crippen molar-refractivity contribution >= 4 is 57.9 Å². The standard InChI is InChI=1S/C19H15ClF3N3O.C10H10ClNO.C9H6ClF3N2/c20-14-6-4-13-10-25(17(27)7-5-12(13)9-14)11-15-18(19(21,22)23)24-16-3-1-2-8-26(15)16;11-9-3-1-8-6-12-10(13)4-2-7(8)5-9;10-5-6-8(9(11,12)13)14-7-3-1-2-4-15(6)7/h1-4,6,8-9H,5,7,10-11H2;1,3,5H,2,4,6H2,(H,12,13);1-4H,5H2. The molecule has 2 aromatic carbocycles. The Bertz CT molecular complexity index is 2360. The third-order valence-corrected chi connectivity index (χ3v) is 9.74. The molecule has 1 N–H and O–H groups in total. The van der Waals surface area contributed by atoms with Gasteiger partial charge in [0.05, 0.1) is 23.8 Å². The van der Waals surface area contributed by atoms with Crippen molar-refractivity contribution in [1.29, 1.82) is 0 Å². The summed E-state index contributed by atoms with van der Waals surface area (Å²) >= 11 is 17.4. The first-order valence-electron chi connectivity index (χ1n) is 16.8. The molecule has 0 fully saturated rings. The van der Waals surface area contributed by atoms with Crippen LogP contribution >= 0.6 is 34.8 Å². The number of aromatic nitrogens is 4. The largest absolute Gasteiger partial charge is 0.435 e. The van der Waals surface area contributed by atoms with Crippen LogP contribution in [0.4, 0.5) is 26.3 Å². The number of benzene rings is 2. The lowest BCUT2D eigenvalue weighted by Crippen LogP contribution is -2.30. The maximum Gasteiger partial charge on any atom is 0.435 e. The first-order valence-corrected chi connectivity index (χ1v) is 18.1. The zero-order valence-corrected chi connectivity index (χ0v) is 31.0. The highest BCUT2D eigenvalue weighted by Gasteiger charge is 2.39. The van der Waals surface area contributed by atoms with Gasteiger partial charge in [0.15, 0.2) is 11.4 Å². The lowest BCUT2D eigenvalue weighted by Gasteiger charge is -2.22. The molecule has 0 radical (unpaired) electrons. The number of hydrogen-bond acceptors (Lipinski definition) is 4. The van der Waals surface area contributed by atoms with E-state index in [-0.39, 0.29) is 59.9 Å². The third-order valence-electron chi connectivity index (χ3n) is 9.02. The Morgan fingerprint density at radius 1 is 0.655 bits per heavy atom. The summed E-state index contributed by atoms with van der Waals surface area (Å²) in [5, 5.41) is 4.16. The predicted molar refractivity (Wildman–Crippen MR) is 196 cm³/mol. The summed E-state index contributed by atoms with van der Waals surface area (Å²) in [5.74, 6) is -0.298. The van der Waals surface area contributed by atoms with E-state index >= 15 is 0 Å². The fourth-order valence-electron chi connectivity index (χ4n) is 6.36. The Labute approximate surface area is 325 Å². The molecule has 17 heteroatoms. The molecule has 288 valence electrons. The van der Waals surface area contributed by atoms with Gasteiger partial charge in [0, 0.05) is 48.4 Å². The van der Waals surface area contributed by atoms with Gasteiger partial charge in [-0.3, -0.25) is 9.59 Å². The number of fused-ring (bicyclic) bond motifs is 4. The van der Waals surface area contributed by atoms with Gasteiger partial charge >= 0.3 is 12.4 Å². The third kappa shape index (κ3) is 9.37. The molecule has 0 atom stereocenters. The van der Waals surface area contributed by atoms with E-state index in [4.69, 9.17) is 34.8 Å². The monoisotopic (exact) mass is 822 g/mol. The topological polar surface area (TPSA) is 84.0 Å². The average Bonchev–Trinajstić information content (AvgIpc) is 3.61. The van der Waals surface area contributed by atoms with Crippen molar-refractivity contribution in [3.8, 4) is 0 Å². The number of imidazole rings is 2. The first kappa shape index (κ1) is 39.9. The van der Waals surface area contributed by atoms with Crippen molar-refractivity contribution in [2.45, 2.75) is 63.6 Å². The van der Waals surface area contributed by atoms with E-state index in [0.29, 0.717) is 24.4 Å². The maximum atomic E-state index is 13.5. The fraction of sp³-hybridized carbons (Fsp3) is 0.263. The molecule has 4 aromatic heterocycles. The zero-order chi connectivity index (χ0) is 39.5. The molecule has 0 spiro atoms. The Hall–Kier alpha value is -4.79. The second-order valence-electron chi connectivity index (χ2n) is 12.7. The van der Waals surface area contributed by atoms with Crippen molar-refractivity contribution in [1.82, 2.24) is 29.0 Å². The van der Waals surface area contributed by atoms with Crippen LogP contribution in [0.25, 0.3) is 11.3 Å². The molecule has 0 bridgehead atoms. The molecule has 2 aliphatic heterocycles. The van der Waals surface area contributed by atoms with Crippen molar-refractivity contribution < 1.29 is 35.9 Å². The van der Waals surface area contributed by atoms with Gasteiger partial charge in [-0.25, -0.2) is 9.97 Å². The van der Waals surface area contributed by atoms with Crippen molar-refractivity contribution in [3.63, 3.8) is 0 Å². The van der Waals surface area contributed by atoms with Gasteiger partial charge in [0.25, 0.3) is 0 Å². The summed E-state index contributed by atoms with van der Waals surface area (Å²) in [4.78, 5) is 32.4. The number of pyridine rings is 2. The van der Waals surface area contributed by atoms with E-state index < -0.39 is 23.7 Å². The van der Waals surface area contributed by atoms with Crippen LogP contribution in [0.1, 0.15) is 57.9 Å². The van der Waals surface area contributed by atoms with E-state index in [1.807, 2.05) is 30.3 Å². The SMILES string of the molecule is FC(F)(F)c1nc2ccccn2c1CCl.O=C1CCc2cc(Cl)ccc2CN1.O=C1CCc2cc(Cl)ccc2CN1Cc1c(C(F)(F)F)nc2ccccn12. The Kier molecular flexibility index (Phi) is 12.0. The molecule has 0 unspecified atom stereocenters. The van der Waals surface area contributed by atoms with Gasteiger partial charge in [-0.05, 0) is 83.6 Å². The minimum Gasteiger partial charge on any atom is -0.352 e. The minimum absolute atomic E-state index is 0.0280. The molecular formula is C38H31Cl3F6N6O2. The molecular weight excluding hydrogens is 793 g/mol. The molecule has 0 saturated heterocycles. The van der Waals surface area contributed by atoms with E-state index in [2.05, 4.69) is 15.3 Å². The van der Waals surface area contributed by atoms with E-state index in [1.54, 1.807) is 30.3 Å². The smallest absolute Gasteiger partial charge is 0.352 e.